The molecule has 4 N–H and O–H groups in total. The van der Waals surface area contributed by atoms with Crippen LogP contribution in [0.15, 0.2) is 30.3 Å². The number of hydrogen-bond donors (Lipinski definition) is 3. The summed E-state index contributed by atoms with van der Waals surface area (Å²) in [6.45, 7) is 1.73. The largest absolute Gasteiger partial charge is 0.480 e. The standard InChI is InChI=1S/C14H18N2O5/c1-9(21-8-10-5-3-2-4-6-10)13(18)16-11(14(19)20)7-12(15)17/h2-6,9,11H,7-8H2,1H3,(H2,15,17)(H,16,18)(H,19,20)/t9?,11-/m0/s1. The Bertz CT molecular complexity index is 503. The summed E-state index contributed by atoms with van der Waals surface area (Å²) < 4.78 is 5.35. The zero-order valence-electron chi connectivity index (χ0n) is 11.6. The number of amides is 2. The maximum absolute atomic E-state index is 11.8. The molecule has 2 amide bonds. The summed E-state index contributed by atoms with van der Waals surface area (Å²) >= 11 is 0. The summed E-state index contributed by atoms with van der Waals surface area (Å²) in [7, 11) is 0. The molecule has 0 radical (unpaired) electrons. The molecule has 7 nitrogen and oxygen atoms in total. The monoisotopic (exact) mass is 294 g/mol. The van der Waals surface area contributed by atoms with Gasteiger partial charge in [0.15, 0.2) is 0 Å². The number of nitrogens with two attached hydrogens (primary N) is 1. The van der Waals surface area contributed by atoms with Gasteiger partial charge in [-0.2, -0.15) is 0 Å². The first-order chi connectivity index (χ1) is 9.90. The number of primary amides is 1. The number of carbonyl (C=O) groups is 3. The van der Waals surface area contributed by atoms with Gasteiger partial charge in [0.1, 0.15) is 12.1 Å². The molecular formula is C14H18N2O5. The molecule has 1 aromatic rings. The minimum absolute atomic E-state index is 0.225. The van der Waals surface area contributed by atoms with Crippen molar-refractivity contribution >= 4 is 17.8 Å². The fraction of sp³-hybridized carbons (Fsp3) is 0.357. The number of carboxylic acids is 1. The topological polar surface area (TPSA) is 119 Å². The summed E-state index contributed by atoms with van der Waals surface area (Å²) in [6, 6.07) is 7.89. The minimum Gasteiger partial charge on any atom is -0.480 e. The molecule has 0 saturated carbocycles. The van der Waals surface area contributed by atoms with Crippen LogP contribution in [0.1, 0.15) is 18.9 Å². The van der Waals surface area contributed by atoms with Gasteiger partial charge in [0.05, 0.1) is 13.0 Å². The van der Waals surface area contributed by atoms with Gasteiger partial charge in [0.25, 0.3) is 0 Å². The first-order valence-electron chi connectivity index (χ1n) is 6.37. The summed E-state index contributed by atoms with van der Waals surface area (Å²) in [5.74, 6) is -2.74. The van der Waals surface area contributed by atoms with Gasteiger partial charge in [-0.05, 0) is 12.5 Å². The number of carboxylic acid groups (broad SMARTS) is 1. The van der Waals surface area contributed by atoms with Crippen molar-refractivity contribution in [3.05, 3.63) is 35.9 Å². The Morgan fingerprint density at radius 1 is 1.29 bits per heavy atom. The molecule has 21 heavy (non-hydrogen) atoms. The third-order valence-corrected chi connectivity index (χ3v) is 2.73. The molecule has 1 rings (SSSR count). The lowest BCUT2D eigenvalue weighted by molar-refractivity contribution is -0.145. The maximum Gasteiger partial charge on any atom is 0.326 e. The van der Waals surface area contributed by atoms with Crippen molar-refractivity contribution in [2.45, 2.75) is 32.1 Å². The summed E-state index contributed by atoms with van der Waals surface area (Å²) in [5, 5.41) is 11.1. The van der Waals surface area contributed by atoms with Crippen LogP contribution in [0.2, 0.25) is 0 Å². The molecule has 0 aromatic heterocycles. The van der Waals surface area contributed by atoms with Crippen LogP contribution < -0.4 is 11.1 Å². The molecule has 0 heterocycles. The fourth-order valence-corrected chi connectivity index (χ4v) is 1.56. The van der Waals surface area contributed by atoms with Crippen LogP contribution in [0.25, 0.3) is 0 Å². The van der Waals surface area contributed by atoms with Gasteiger partial charge >= 0.3 is 5.97 Å². The zero-order valence-corrected chi connectivity index (χ0v) is 11.6. The Morgan fingerprint density at radius 2 is 1.90 bits per heavy atom. The Balaban J connectivity index is 2.49. The van der Waals surface area contributed by atoms with Crippen molar-refractivity contribution in [1.29, 1.82) is 0 Å². The van der Waals surface area contributed by atoms with E-state index in [0.717, 1.165) is 5.56 Å². The molecule has 0 aliphatic carbocycles. The summed E-state index contributed by atoms with van der Waals surface area (Å²) in [5.41, 5.74) is 5.83. The van der Waals surface area contributed by atoms with E-state index >= 15 is 0 Å². The van der Waals surface area contributed by atoms with Crippen LogP contribution in [0.5, 0.6) is 0 Å². The average molecular weight is 294 g/mol. The van der Waals surface area contributed by atoms with E-state index in [-0.39, 0.29) is 6.61 Å². The van der Waals surface area contributed by atoms with Crippen molar-refractivity contribution in [2.75, 3.05) is 0 Å². The average Bonchev–Trinajstić information content (AvgIpc) is 2.44. The Kier molecular flexibility index (Phi) is 6.35. The van der Waals surface area contributed by atoms with Crippen LogP contribution in [0, 0.1) is 0 Å². The molecule has 114 valence electrons. The first-order valence-corrected chi connectivity index (χ1v) is 6.37. The molecule has 2 atom stereocenters. The second-order valence-corrected chi connectivity index (χ2v) is 4.51. The van der Waals surface area contributed by atoms with Gasteiger partial charge in [-0.25, -0.2) is 4.79 Å². The van der Waals surface area contributed by atoms with E-state index in [1.807, 2.05) is 30.3 Å². The van der Waals surface area contributed by atoms with Gasteiger partial charge in [-0.1, -0.05) is 30.3 Å². The maximum atomic E-state index is 11.8. The third-order valence-electron chi connectivity index (χ3n) is 2.73. The predicted molar refractivity (Wildman–Crippen MR) is 74.1 cm³/mol. The molecule has 0 aliphatic rings. The molecule has 0 spiro atoms. The highest BCUT2D eigenvalue weighted by Crippen LogP contribution is 2.04. The molecule has 1 aromatic carbocycles. The van der Waals surface area contributed by atoms with Crippen molar-refractivity contribution in [3.8, 4) is 0 Å². The number of carbonyl (C=O) groups excluding carboxylic acids is 2. The first kappa shape index (κ1) is 16.6. The van der Waals surface area contributed by atoms with Crippen LogP contribution in [-0.4, -0.2) is 35.0 Å². The van der Waals surface area contributed by atoms with Crippen LogP contribution >= 0.6 is 0 Å². The molecule has 7 heteroatoms. The molecule has 0 aliphatic heterocycles. The highest BCUT2D eigenvalue weighted by molar-refractivity contribution is 5.89. The number of benzene rings is 1. The van der Waals surface area contributed by atoms with Crippen molar-refractivity contribution in [1.82, 2.24) is 5.32 Å². The van der Waals surface area contributed by atoms with E-state index in [9.17, 15) is 14.4 Å². The van der Waals surface area contributed by atoms with Crippen molar-refractivity contribution < 1.29 is 24.2 Å². The number of nitrogens with one attached hydrogen (secondary N) is 1. The Hall–Kier alpha value is -2.41. The lowest BCUT2D eigenvalue weighted by Gasteiger charge is -2.17. The Morgan fingerprint density at radius 3 is 2.43 bits per heavy atom. The van der Waals surface area contributed by atoms with Crippen LogP contribution in [0.3, 0.4) is 0 Å². The quantitative estimate of drug-likeness (QED) is 0.625. The molecule has 0 bridgehead atoms. The van der Waals surface area contributed by atoms with Gasteiger partial charge < -0.3 is 20.9 Å². The summed E-state index contributed by atoms with van der Waals surface area (Å²) in [6.07, 6.45) is -1.31. The lowest BCUT2D eigenvalue weighted by Crippen LogP contribution is -2.47. The van der Waals surface area contributed by atoms with Crippen molar-refractivity contribution in [2.24, 2.45) is 5.73 Å². The fourth-order valence-electron chi connectivity index (χ4n) is 1.56. The number of ether oxygens (including phenoxy) is 1. The highest BCUT2D eigenvalue weighted by Gasteiger charge is 2.24. The van der Waals surface area contributed by atoms with E-state index in [2.05, 4.69) is 5.32 Å². The second kappa shape index (κ2) is 8.01. The number of rotatable bonds is 8. The normalized spacial score (nSPS) is 13.2. The molecule has 0 fully saturated rings. The van der Waals surface area contributed by atoms with E-state index in [1.165, 1.54) is 6.92 Å². The van der Waals surface area contributed by atoms with Crippen molar-refractivity contribution in [3.63, 3.8) is 0 Å². The van der Waals surface area contributed by atoms with E-state index in [0.29, 0.717) is 0 Å². The highest BCUT2D eigenvalue weighted by atomic mass is 16.5. The van der Waals surface area contributed by atoms with Gasteiger partial charge in [0.2, 0.25) is 11.8 Å². The lowest BCUT2D eigenvalue weighted by atomic mass is 10.2. The van der Waals surface area contributed by atoms with Gasteiger partial charge in [-0.3, -0.25) is 9.59 Å². The third kappa shape index (κ3) is 6.05. The van der Waals surface area contributed by atoms with Crippen LogP contribution in [-0.2, 0) is 25.7 Å². The number of hydrogen-bond acceptors (Lipinski definition) is 4. The predicted octanol–water partition coefficient (Wildman–Crippen LogP) is 0.0365. The summed E-state index contributed by atoms with van der Waals surface area (Å²) in [4.78, 5) is 33.5. The van der Waals surface area contributed by atoms with E-state index in [1.54, 1.807) is 0 Å². The zero-order chi connectivity index (χ0) is 15.8. The Labute approximate surface area is 122 Å². The SMILES string of the molecule is CC(OCc1ccccc1)C(=O)N[C@@H](CC(N)=O)C(=O)O. The minimum atomic E-state index is -1.35. The smallest absolute Gasteiger partial charge is 0.326 e. The van der Waals surface area contributed by atoms with Gasteiger partial charge in [-0.15, -0.1) is 0 Å². The van der Waals surface area contributed by atoms with E-state index < -0.39 is 36.4 Å². The number of aliphatic carboxylic acids is 1. The van der Waals surface area contributed by atoms with Gasteiger partial charge in [0, 0.05) is 0 Å². The van der Waals surface area contributed by atoms with E-state index in [4.69, 9.17) is 15.6 Å². The van der Waals surface area contributed by atoms with Crippen LogP contribution in [0.4, 0.5) is 0 Å². The molecular weight excluding hydrogens is 276 g/mol. The molecule has 0 saturated heterocycles. The molecule has 1 unspecified atom stereocenters. The second-order valence-electron chi connectivity index (χ2n) is 4.51.